The maximum Gasteiger partial charge on any atom is 0.157 e. The van der Waals surface area contributed by atoms with Crippen LogP contribution in [0.25, 0.3) is 6.08 Å². The number of hydroxylamine groups is 1. The number of benzene rings is 1. The van der Waals surface area contributed by atoms with E-state index < -0.39 is 0 Å². The predicted molar refractivity (Wildman–Crippen MR) is 54.2 cm³/mol. The monoisotopic (exact) mass is 189 g/mol. The molecule has 0 bridgehead atoms. The molecule has 1 heterocycles. The Hall–Kier alpha value is -1.61. The first-order chi connectivity index (χ1) is 6.68. The van der Waals surface area contributed by atoms with Gasteiger partial charge < -0.3 is 0 Å². The maximum absolute atomic E-state index is 11.1. The lowest BCUT2D eigenvalue weighted by Crippen LogP contribution is -2.26. The van der Waals surface area contributed by atoms with Crippen molar-refractivity contribution >= 4 is 17.5 Å². The van der Waals surface area contributed by atoms with Crippen LogP contribution in [-0.4, -0.2) is 17.5 Å². The summed E-state index contributed by atoms with van der Waals surface area (Å²) in [5, 5.41) is 10.7. The van der Waals surface area contributed by atoms with Crippen molar-refractivity contribution < 1.29 is 10.0 Å². The lowest BCUT2D eigenvalue weighted by atomic mass is 10.0. The van der Waals surface area contributed by atoms with Crippen LogP contribution >= 0.6 is 0 Å². The molecule has 2 rings (SSSR count). The van der Waals surface area contributed by atoms with Gasteiger partial charge in [-0.1, -0.05) is 18.2 Å². The van der Waals surface area contributed by atoms with Gasteiger partial charge in [0.2, 0.25) is 0 Å². The Balaban J connectivity index is 2.50. The highest BCUT2D eigenvalue weighted by Crippen LogP contribution is 2.26. The van der Waals surface area contributed by atoms with Crippen molar-refractivity contribution in [2.24, 2.45) is 0 Å². The molecule has 1 aliphatic rings. The van der Waals surface area contributed by atoms with Crippen molar-refractivity contribution in [1.29, 1.82) is 0 Å². The Morgan fingerprint density at radius 3 is 2.86 bits per heavy atom. The Bertz CT molecular complexity index is 410. The molecule has 0 atom stereocenters. The van der Waals surface area contributed by atoms with Crippen LogP contribution in [-0.2, 0) is 4.79 Å². The van der Waals surface area contributed by atoms with E-state index in [1.54, 1.807) is 0 Å². The van der Waals surface area contributed by atoms with Crippen LogP contribution in [0.5, 0.6) is 0 Å². The molecule has 1 aliphatic heterocycles. The predicted octanol–water partition coefficient (Wildman–Crippen LogP) is 1.87. The Kier molecular flexibility index (Phi) is 2.09. The van der Waals surface area contributed by atoms with Gasteiger partial charge in [-0.3, -0.25) is 15.1 Å². The number of hydrogen-bond acceptors (Lipinski definition) is 3. The van der Waals surface area contributed by atoms with Gasteiger partial charge in [-0.25, -0.2) is 0 Å². The fourth-order valence-corrected chi connectivity index (χ4v) is 1.54. The maximum atomic E-state index is 11.1. The number of Topliss-reactive ketones (excluding diaryl/α,β-unsaturated/α-hetero) is 1. The minimum atomic E-state index is -0.00134. The summed E-state index contributed by atoms with van der Waals surface area (Å²) in [7, 11) is 0. The third-order valence-electron chi connectivity index (χ3n) is 2.32. The normalized spacial score (nSPS) is 14.7. The van der Waals surface area contributed by atoms with Crippen molar-refractivity contribution in [3.05, 3.63) is 35.4 Å². The Morgan fingerprint density at radius 2 is 2.14 bits per heavy atom. The first-order valence-electron chi connectivity index (χ1n) is 4.45. The van der Waals surface area contributed by atoms with Gasteiger partial charge in [0.1, 0.15) is 0 Å². The third-order valence-corrected chi connectivity index (χ3v) is 2.32. The van der Waals surface area contributed by atoms with E-state index in [0.717, 1.165) is 16.3 Å². The van der Waals surface area contributed by atoms with Crippen LogP contribution in [0.15, 0.2) is 29.8 Å². The summed E-state index contributed by atoms with van der Waals surface area (Å²) in [6.07, 6.45) is 1.82. The van der Waals surface area contributed by atoms with Crippen LogP contribution in [0.4, 0.5) is 5.69 Å². The second-order valence-corrected chi connectivity index (χ2v) is 3.34. The molecule has 3 nitrogen and oxygen atoms in total. The van der Waals surface area contributed by atoms with E-state index in [9.17, 15) is 10.0 Å². The molecule has 0 radical (unpaired) electrons. The van der Waals surface area contributed by atoms with Gasteiger partial charge >= 0.3 is 0 Å². The van der Waals surface area contributed by atoms with Gasteiger partial charge in [0.05, 0.1) is 12.2 Å². The molecule has 0 saturated heterocycles. The number of ketones is 1. The first kappa shape index (κ1) is 8.97. The van der Waals surface area contributed by atoms with Crippen LogP contribution in [0, 0.1) is 0 Å². The van der Waals surface area contributed by atoms with Gasteiger partial charge in [-0.15, -0.1) is 0 Å². The molecule has 0 unspecified atom stereocenters. The molecule has 0 aliphatic carbocycles. The van der Waals surface area contributed by atoms with E-state index in [1.807, 2.05) is 30.3 Å². The largest absolute Gasteiger partial charge is 0.295 e. The molecular weight excluding hydrogens is 178 g/mol. The highest BCUT2D eigenvalue weighted by Gasteiger charge is 2.17. The summed E-state index contributed by atoms with van der Waals surface area (Å²) in [6.45, 7) is 1.78. The fraction of sp³-hybridized carbons (Fsp3) is 0.182. The van der Waals surface area contributed by atoms with Crippen molar-refractivity contribution in [1.82, 2.24) is 0 Å². The van der Waals surface area contributed by atoms with Crippen LogP contribution in [0.2, 0.25) is 0 Å². The molecule has 0 amide bonds. The van der Waals surface area contributed by atoms with Crippen molar-refractivity contribution in [3.63, 3.8) is 0 Å². The van der Waals surface area contributed by atoms with E-state index in [1.165, 1.54) is 6.92 Å². The van der Waals surface area contributed by atoms with Gasteiger partial charge in [0.15, 0.2) is 5.78 Å². The quantitative estimate of drug-likeness (QED) is 0.733. The van der Waals surface area contributed by atoms with Gasteiger partial charge in [0.25, 0.3) is 0 Å². The molecule has 3 heteroatoms. The standard InChI is InChI=1S/C11H11NO2/c1-8(13)10-6-9-4-2-3-5-11(9)12(14)7-10/h2-6,14H,7H2,1H3. The third kappa shape index (κ3) is 1.42. The molecule has 1 aromatic carbocycles. The summed E-state index contributed by atoms with van der Waals surface area (Å²) < 4.78 is 0. The van der Waals surface area contributed by atoms with E-state index in [-0.39, 0.29) is 12.3 Å². The minimum Gasteiger partial charge on any atom is -0.295 e. The molecule has 1 aromatic rings. The second-order valence-electron chi connectivity index (χ2n) is 3.34. The number of rotatable bonds is 1. The van der Waals surface area contributed by atoms with E-state index >= 15 is 0 Å². The number of anilines is 1. The van der Waals surface area contributed by atoms with Crippen molar-refractivity contribution in [2.75, 3.05) is 11.6 Å². The second kappa shape index (κ2) is 3.27. The minimum absolute atomic E-state index is 0.00134. The lowest BCUT2D eigenvalue weighted by Gasteiger charge is -2.24. The molecule has 0 spiro atoms. The fourth-order valence-electron chi connectivity index (χ4n) is 1.54. The Labute approximate surface area is 82.2 Å². The smallest absolute Gasteiger partial charge is 0.157 e. The van der Waals surface area contributed by atoms with E-state index in [0.29, 0.717) is 5.57 Å². The number of nitrogens with zero attached hydrogens (tertiary/aromatic N) is 1. The topological polar surface area (TPSA) is 40.5 Å². The highest BCUT2D eigenvalue weighted by atomic mass is 16.5. The van der Waals surface area contributed by atoms with Crippen LogP contribution in [0.3, 0.4) is 0 Å². The summed E-state index contributed by atoms with van der Waals surface area (Å²) in [5.41, 5.74) is 2.26. The molecular formula is C11H11NO2. The van der Waals surface area contributed by atoms with Crippen LogP contribution in [0.1, 0.15) is 12.5 Å². The molecule has 0 aromatic heterocycles. The lowest BCUT2D eigenvalue weighted by molar-refractivity contribution is -0.113. The summed E-state index contributed by atoms with van der Waals surface area (Å²) in [4.78, 5) is 11.1. The highest BCUT2D eigenvalue weighted by molar-refractivity contribution is 6.00. The summed E-state index contributed by atoms with van der Waals surface area (Å²) in [6, 6.07) is 7.43. The van der Waals surface area contributed by atoms with E-state index in [4.69, 9.17) is 0 Å². The van der Waals surface area contributed by atoms with Gasteiger partial charge in [-0.05, 0) is 19.1 Å². The zero-order chi connectivity index (χ0) is 10.1. The van der Waals surface area contributed by atoms with Gasteiger partial charge in [-0.2, -0.15) is 0 Å². The number of carbonyl (C=O) groups excluding carboxylic acids is 1. The number of hydrogen-bond donors (Lipinski definition) is 1. The SMILES string of the molecule is CC(=O)C1=Cc2ccccc2N(O)C1. The molecule has 0 saturated carbocycles. The molecule has 1 N–H and O–H groups in total. The molecule has 0 fully saturated rings. The number of fused-ring (bicyclic) bond motifs is 1. The van der Waals surface area contributed by atoms with Gasteiger partial charge in [0, 0.05) is 11.1 Å². The number of carbonyl (C=O) groups is 1. The first-order valence-corrected chi connectivity index (χ1v) is 4.45. The average Bonchev–Trinajstić information content (AvgIpc) is 2.17. The zero-order valence-electron chi connectivity index (χ0n) is 7.90. The average molecular weight is 189 g/mol. The Morgan fingerprint density at radius 1 is 1.43 bits per heavy atom. The summed E-state index contributed by atoms with van der Waals surface area (Å²) >= 11 is 0. The summed E-state index contributed by atoms with van der Waals surface area (Å²) in [5.74, 6) is -0.00134. The zero-order valence-corrected chi connectivity index (χ0v) is 7.90. The van der Waals surface area contributed by atoms with E-state index in [2.05, 4.69) is 0 Å². The molecule has 72 valence electrons. The van der Waals surface area contributed by atoms with Crippen molar-refractivity contribution in [2.45, 2.75) is 6.92 Å². The molecule has 14 heavy (non-hydrogen) atoms. The van der Waals surface area contributed by atoms with Crippen molar-refractivity contribution in [3.8, 4) is 0 Å². The van der Waals surface area contributed by atoms with Crippen LogP contribution < -0.4 is 5.06 Å². The number of para-hydroxylation sites is 1.